The van der Waals surface area contributed by atoms with Gasteiger partial charge >= 0.3 is 0 Å². The van der Waals surface area contributed by atoms with Crippen molar-refractivity contribution >= 4 is 34.3 Å². The number of nitrogens with zero attached hydrogens (tertiary/aromatic N) is 2. The highest BCUT2D eigenvalue weighted by atomic mass is 32.2. The fourth-order valence-electron chi connectivity index (χ4n) is 1.93. The van der Waals surface area contributed by atoms with Crippen molar-refractivity contribution < 1.29 is 4.79 Å². The van der Waals surface area contributed by atoms with Gasteiger partial charge in [-0.1, -0.05) is 18.2 Å². The predicted octanol–water partition coefficient (Wildman–Crippen LogP) is 1.96. The molecule has 106 valence electrons. The first-order chi connectivity index (χ1) is 9.67. The van der Waals surface area contributed by atoms with Crippen molar-refractivity contribution in [1.82, 2.24) is 9.88 Å². The van der Waals surface area contributed by atoms with Gasteiger partial charge in [0.25, 0.3) is 5.91 Å². The van der Waals surface area contributed by atoms with Crippen LogP contribution >= 0.6 is 11.8 Å². The van der Waals surface area contributed by atoms with Crippen molar-refractivity contribution in [3.05, 3.63) is 36.0 Å². The summed E-state index contributed by atoms with van der Waals surface area (Å²) in [7, 11) is 1.78. The fourth-order valence-corrected chi connectivity index (χ4v) is 2.39. The lowest BCUT2D eigenvalue weighted by Crippen LogP contribution is -2.29. The number of thioether (sulfide) groups is 1. The molecule has 0 saturated heterocycles. The van der Waals surface area contributed by atoms with E-state index in [2.05, 4.69) is 10.4 Å². The van der Waals surface area contributed by atoms with E-state index in [4.69, 9.17) is 5.84 Å². The standard InChI is InChI=1S/C14H18N4OS/c1-18(7-8-20-2)14(19)13-9-12(17-15)10-5-3-4-6-11(10)16-13/h3-6,9H,7-8,15H2,1-2H3,(H,16,17). The van der Waals surface area contributed by atoms with Crippen molar-refractivity contribution in [2.45, 2.75) is 0 Å². The molecular weight excluding hydrogens is 272 g/mol. The van der Waals surface area contributed by atoms with E-state index in [1.54, 1.807) is 29.8 Å². The van der Waals surface area contributed by atoms with Gasteiger partial charge in [0.1, 0.15) is 5.69 Å². The Balaban J connectivity index is 2.37. The minimum atomic E-state index is -0.0960. The molecule has 5 nitrogen and oxygen atoms in total. The van der Waals surface area contributed by atoms with E-state index < -0.39 is 0 Å². The largest absolute Gasteiger partial charge is 0.340 e. The lowest BCUT2D eigenvalue weighted by atomic mass is 10.1. The SMILES string of the molecule is CSCCN(C)C(=O)c1cc(NN)c2ccccc2n1. The first kappa shape index (κ1) is 14.6. The van der Waals surface area contributed by atoms with Gasteiger partial charge in [-0.2, -0.15) is 11.8 Å². The number of nitrogens with two attached hydrogens (primary N) is 1. The van der Waals surface area contributed by atoms with E-state index in [9.17, 15) is 4.79 Å². The van der Waals surface area contributed by atoms with Gasteiger partial charge in [0.2, 0.25) is 0 Å². The summed E-state index contributed by atoms with van der Waals surface area (Å²) in [4.78, 5) is 18.4. The van der Waals surface area contributed by atoms with Crippen LogP contribution in [0.4, 0.5) is 5.69 Å². The van der Waals surface area contributed by atoms with Crippen LogP contribution in [0, 0.1) is 0 Å². The molecule has 20 heavy (non-hydrogen) atoms. The monoisotopic (exact) mass is 290 g/mol. The summed E-state index contributed by atoms with van der Waals surface area (Å²) >= 11 is 1.71. The summed E-state index contributed by atoms with van der Waals surface area (Å²) in [6.45, 7) is 0.694. The zero-order valence-corrected chi connectivity index (χ0v) is 12.4. The number of hydrogen-bond acceptors (Lipinski definition) is 5. The molecule has 0 aliphatic rings. The lowest BCUT2D eigenvalue weighted by molar-refractivity contribution is 0.0798. The molecule has 0 saturated carbocycles. The van der Waals surface area contributed by atoms with Crippen LogP contribution in [-0.2, 0) is 0 Å². The minimum absolute atomic E-state index is 0.0960. The number of benzene rings is 1. The quantitative estimate of drug-likeness (QED) is 0.650. The number of fused-ring (bicyclic) bond motifs is 1. The highest BCUT2D eigenvalue weighted by molar-refractivity contribution is 7.98. The number of pyridine rings is 1. The number of anilines is 1. The van der Waals surface area contributed by atoms with Gasteiger partial charge in [-0.05, 0) is 18.4 Å². The van der Waals surface area contributed by atoms with E-state index in [1.807, 2.05) is 30.5 Å². The molecule has 3 N–H and O–H groups in total. The lowest BCUT2D eigenvalue weighted by Gasteiger charge is -2.17. The number of para-hydroxylation sites is 1. The number of hydrogen-bond donors (Lipinski definition) is 2. The average molecular weight is 290 g/mol. The van der Waals surface area contributed by atoms with Crippen LogP contribution in [0.2, 0.25) is 0 Å². The second-order valence-corrected chi connectivity index (χ2v) is 5.42. The van der Waals surface area contributed by atoms with Crippen LogP contribution in [0.15, 0.2) is 30.3 Å². The van der Waals surface area contributed by atoms with Crippen LogP contribution in [0.1, 0.15) is 10.5 Å². The van der Waals surface area contributed by atoms with E-state index >= 15 is 0 Å². The van der Waals surface area contributed by atoms with Gasteiger partial charge in [0.15, 0.2) is 0 Å². The van der Waals surface area contributed by atoms with E-state index in [1.165, 1.54) is 0 Å². The topological polar surface area (TPSA) is 71.2 Å². The Bertz CT molecular complexity index is 617. The molecule has 6 heteroatoms. The third-order valence-corrected chi connectivity index (χ3v) is 3.66. The van der Waals surface area contributed by atoms with Gasteiger partial charge < -0.3 is 10.3 Å². The second-order valence-electron chi connectivity index (χ2n) is 4.44. The molecule has 2 aromatic rings. The molecule has 0 unspecified atom stereocenters. The van der Waals surface area contributed by atoms with Crippen LogP contribution < -0.4 is 11.3 Å². The summed E-state index contributed by atoms with van der Waals surface area (Å²) in [6.07, 6.45) is 2.02. The smallest absolute Gasteiger partial charge is 0.272 e. The minimum Gasteiger partial charge on any atom is -0.340 e. The predicted molar refractivity (Wildman–Crippen MR) is 84.9 cm³/mol. The van der Waals surface area contributed by atoms with E-state index in [0.717, 1.165) is 16.7 Å². The maximum absolute atomic E-state index is 12.3. The van der Waals surface area contributed by atoms with Gasteiger partial charge in [-0.3, -0.25) is 10.6 Å². The zero-order chi connectivity index (χ0) is 14.5. The summed E-state index contributed by atoms with van der Waals surface area (Å²) in [6, 6.07) is 9.29. The summed E-state index contributed by atoms with van der Waals surface area (Å²) in [5, 5.41) is 0.901. The van der Waals surface area contributed by atoms with Crippen molar-refractivity contribution in [1.29, 1.82) is 0 Å². The first-order valence-electron chi connectivity index (χ1n) is 6.28. The average Bonchev–Trinajstić information content (AvgIpc) is 2.50. The second kappa shape index (κ2) is 6.58. The normalized spacial score (nSPS) is 10.6. The van der Waals surface area contributed by atoms with Gasteiger partial charge in [0, 0.05) is 24.7 Å². The highest BCUT2D eigenvalue weighted by Gasteiger charge is 2.15. The van der Waals surface area contributed by atoms with Crippen molar-refractivity contribution in [3.8, 4) is 0 Å². The Morgan fingerprint density at radius 3 is 2.90 bits per heavy atom. The van der Waals surface area contributed by atoms with Crippen LogP contribution in [0.25, 0.3) is 10.9 Å². The number of nitrogens with one attached hydrogen (secondary N) is 1. The van der Waals surface area contributed by atoms with Gasteiger partial charge in [-0.25, -0.2) is 4.98 Å². The molecule has 1 aromatic carbocycles. The van der Waals surface area contributed by atoms with Gasteiger partial charge in [0.05, 0.1) is 11.2 Å². The van der Waals surface area contributed by atoms with Crippen molar-refractivity contribution in [3.63, 3.8) is 0 Å². The summed E-state index contributed by atoms with van der Waals surface area (Å²) in [5.41, 5.74) is 4.50. The number of amides is 1. The van der Waals surface area contributed by atoms with Crippen molar-refractivity contribution in [2.24, 2.45) is 5.84 Å². The molecule has 2 rings (SSSR count). The molecule has 0 aliphatic carbocycles. The van der Waals surface area contributed by atoms with E-state index in [0.29, 0.717) is 17.9 Å². The van der Waals surface area contributed by atoms with E-state index in [-0.39, 0.29) is 5.91 Å². The number of rotatable bonds is 5. The number of carbonyl (C=O) groups excluding carboxylic acids is 1. The third-order valence-electron chi connectivity index (χ3n) is 3.07. The maximum atomic E-state index is 12.3. The molecule has 1 aromatic heterocycles. The Labute approximate surface area is 122 Å². The number of hydrazine groups is 1. The molecule has 0 atom stereocenters. The van der Waals surface area contributed by atoms with Crippen LogP contribution in [0.3, 0.4) is 0 Å². The summed E-state index contributed by atoms with van der Waals surface area (Å²) in [5.74, 6) is 6.34. The highest BCUT2D eigenvalue weighted by Crippen LogP contribution is 2.22. The Kier molecular flexibility index (Phi) is 4.81. The molecule has 1 heterocycles. The molecule has 0 radical (unpaired) electrons. The fraction of sp³-hybridized carbons (Fsp3) is 0.286. The maximum Gasteiger partial charge on any atom is 0.272 e. The van der Waals surface area contributed by atoms with Gasteiger partial charge in [-0.15, -0.1) is 0 Å². The molecule has 0 fully saturated rings. The van der Waals surface area contributed by atoms with Crippen LogP contribution in [-0.4, -0.2) is 41.4 Å². The molecule has 0 bridgehead atoms. The number of aromatic nitrogens is 1. The van der Waals surface area contributed by atoms with Crippen LogP contribution in [0.5, 0.6) is 0 Å². The molecular formula is C14H18N4OS. The Morgan fingerprint density at radius 1 is 1.45 bits per heavy atom. The zero-order valence-electron chi connectivity index (χ0n) is 11.6. The number of nitrogen functional groups attached to an aromatic ring is 1. The van der Waals surface area contributed by atoms with Crippen molar-refractivity contribution in [2.75, 3.05) is 31.0 Å². The molecule has 1 amide bonds. The Hall–Kier alpha value is -1.79. The molecule has 0 aliphatic heterocycles. The third kappa shape index (κ3) is 3.02. The summed E-state index contributed by atoms with van der Waals surface area (Å²) < 4.78 is 0. The first-order valence-corrected chi connectivity index (χ1v) is 7.67. The Morgan fingerprint density at radius 2 is 2.20 bits per heavy atom. The number of carbonyl (C=O) groups is 1. The molecule has 0 spiro atoms.